The minimum absolute atomic E-state index is 0.125. The van der Waals surface area contributed by atoms with Crippen LogP contribution in [-0.4, -0.2) is 30.8 Å². The minimum Gasteiger partial charge on any atom is -0.505 e. The molecule has 2 N–H and O–H groups in total. The Hall–Kier alpha value is -2.09. The number of aromatic hydroxyl groups is 1. The second kappa shape index (κ2) is 3.96. The summed E-state index contributed by atoms with van der Waals surface area (Å²) in [5.74, 6) is -0.666. The van der Waals surface area contributed by atoms with E-state index in [2.05, 4.69) is 25.1 Å². The number of hydrogen-bond acceptors (Lipinski definition) is 7. The van der Waals surface area contributed by atoms with Gasteiger partial charge in [-0.3, -0.25) is 15.1 Å². The summed E-state index contributed by atoms with van der Waals surface area (Å²) in [7, 11) is 0. The zero-order chi connectivity index (χ0) is 10.7. The number of aromatic nitrogens is 4. The van der Waals surface area contributed by atoms with Gasteiger partial charge in [-0.05, 0) is 11.3 Å². The average Bonchev–Trinajstić information content (AvgIpc) is 2.71. The fraction of sp³-hybridized carbons (Fsp3) is 0. The standard InChI is InChI=1S/C7H5N5O2S/c13-5-3-8-2-1-4(5)6(14)9-7-10-11-12-15-7/h1-3,13H,(H,9,10,12,14). The van der Waals surface area contributed by atoms with Crippen molar-refractivity contribution in [1.82, 2.24) is 19.8 Å². The van der Waals surface area contributed by atoms with Crippen LogP contribution in [0.25, 0.3) is 0 Å². The molecule has 0 aliphatic carbocycles. The molecule has 2 heterocycles. The van der Waals surface area contributed by atoms with Crippen LogP contribution in [0.2, 0.25) is 0 Å². The molecular formula is C7H5N5O2S. The molecule has 0 saturated heterocycles. The van der Waals surface area contributed by atoms with Gasteiger partial charge in [0.05, 0.1) is 11.8 Å². The maximum absolute atomic E-state index is 11.5. The Kier molecular flexibility index (Phi) is 2.50. The summed E-state index contributed by atoms with van der Waals surface area (Å²) in [6.45, 7) is 0. The van der Waals surface area contributed by atoms with Crippen molar-refractivity contribution in [3.63, 3.8) is 0 Å². The molecule has 1 amide bonds. The third-order valence-corrected chi connectivity index (χ3v) is 2.08. The number of nitrogens with zero attached hydrogens (tertiary/aromatic N) is 4. The molecular weight excluding hydrogens is 218 g/mol. The van der Waals surface area contributed by atoms with Gasteiger partial charge in [-0.15, -0.1) is 0 Å². The van der Waals surface area contributed by atoms with E-state index < -0.39 is 5.91 Å². The molecule has 2 aromatic rings. The van der Waals surface area contributed by atoms with Gasteiger partial charge in [0.15, 0.2) is 0 Å². The van der Waals surface area contributed by atoms with E-state index in [-0.39, 0.29) is 16.4 Å². The van der Waals surface area contributed by atoms with Gasteiger partial charge in [0.25, 0.3) is 5.91 Å². The van der Waals surface area contributed by atoms with E-state index in [9.17, 15) is 9.90 Å². The highest BCUT2D eigenvalue weighted by Gasteiger charge is 2.12. The molecule has 0 spiro atoms. The van der Waals surface area contributed by atoms with Gasteiger partial charge < -0.3 is 5.11 Å². The Bertz CT molecular complexity index is 472. The van der Waals surface area contributed by atoms with E-state index in [1.54, 1.807) is 0 Å². The van der Waals surface area contributed by atoms with Gasteiger partial charge in [0.2, 0.25) is 5.13 Å². The second-order valence-corrected chi connectivity index (χ2v) is 3.25. The van der Waals surface area contributed by atoms with E-state index in [1.807, 2.05) is 0 Å². The number of anilines is 1. The first-order valence-corrected chi connectivity index (χ1v) is 4.64. The quantitative estimate of drug-likeness (QED) is 0.758. The molecule has 0 fully saturated rings. The van der Waals surface area contributed by atoms with Gasteiger partial charge in [0, 0.05) is 17.7 Å². The molecule has 2 rings (SSSR count). The van der Waals surface area contributed by atoms with Crippen LogP contribution >= 0.6 is 11.5 Å². The fourth-order valence-electron chi connectivity index (χ4n) is 0.924. The van der Waals surface area contributed by atoms with E-state index in [0.717, 1.165) is 11.5 Å². The van der Waals surface area contributed by atoms with Gasteiger partial charge in [-0.25, -0.2) is 0 Å². The molecule has 76 valence electrons. The van der Waals surface area contributed by atoms with E-state index in [4.69, 9.17) is 0 Å². The first kappa shape index (κ1) is 9.46. The predicted molar refractivity (Wildman–Crippen MR) is 51.6 cm³/mol. The number of rotatable bonds is 2. The number of carbonyl (C=O) groups is 1. The zero-order valence-electron chi connectivity index (χ0n) is 7.28. The van der Waals surface area contributed by atoms with Crippen LogP contribution in [-0.2, 0) is 0 Å². The summed E-state index contributed by atoms with van der Waals surface area (Å²) in [5.41, 5.74) is 0.125. The van der Waals surface area contributed by atoms with Crippen LogP contribution in [0.3, 0.4) is 0 Å². The lowest BCUT2D eigenvalue weighted by atomic mass is 10.2. The third-order valence-electron chi connectivity index (χ3n) is 1.56. The van der Waals surface area contributed by atoms with Gasteiger partial charge in [0.1, 0.15) is 5.75 Å². The molecule has 0 saturated carbocycles. The summed E-state index contributed by atoms with van der Waals surface area (Å²) >= 11 is 0.950. The highest BCUT2D eigenvalue weighted by atomic mass is 32.1. The van der Waals surface area contributed by atoms with Crippen molar-refractivity contribution in [1.29, 1.82) is 0 Å². The van der Waals surface area contributed by atoms with Crippen molar-refractivity contribution in [2.24, 2.45) is 0 Å². The fourth-order valence-corrected chi connectivity index (χ4v) is 1.29. The summed E-state index contributed by atoms with van der Waals surface area (Å²) < 4.78 is 3.48. The molecule has 0 aromatic carbocycles. The van der Waals surface area contributed by atoms with Gasteiger partial charge in [-0.2, -0.15) is 0 Å². The van der Waals surface area contributed by atoms with E-state index >= 15 is 0 Å². The summed E-state index contributed by atoms with van der Waals surface area (Å²) in [5, 5.41) is 18.9. The maximum atomic E-state index is 11.5. The summed E-state index contributed by atoms with van der Waals surface area (Å²) in [6.07, 6.45) is 2.60. The molecule has 0 atom stereocenters. The first-order chi connectivity index (χ1) is 7.27. The Morgan fingerprint density at radius 2 is 2.40 bits per heavy atom. The van der Waals surface area contributed by atoms with E-state index in [0.29, 0.717) is 0 Å². The Balaban J connectivity index is 2.19. The molecule has 8 heteroatoms. The summed E-state index contributed by atoms with van der Waals surface area (Å²) in [4.78, 5) is 15.2. The van der Waals surface area contributed by atoms with Gasteiger partial charge >= 0.3 is 0 Å². The van der Waals surface area contributed by atoms with Crippen LogP contribution in [0.5, 0.6) is 5.75 Å². The van der Waals surface area contributed by atoms with Crippen LogP contribution in [0.4, 0.5) is 5.13 Å². The largest absolute Gasteiger partial charge is 0.505 e. The smallest absolute Gasteiger partial charge is 0.261 e. The highest BCUT2D eigenvalue weighted by molar-refractivity contribution is 7.09. The molecule has 0 aliphatic rings. The van der Waals surface area contributed by atoms with Crippen molar-refractivity contribution >= 4 is 22.6 Å². The molecule has 0 radical (unpaired) electrons. The predicted octanol–water partition coefficient (Wildman–Crippen LogP) is 0.286. The van der Waals surface area contributed by atoms with Crippen LogP contribution in [0.15, 0.2) is 18.5 Å². The molecule has 0 unspecified atom stereocenters. The normalized spacial score (nSPS) is 9.87. The monoisotopic (exact) mass is 223 g/mol. The number of nitrogens with one attached hydrogen (secondary N) is 1. The summed E-state index contributed by atoms with van der Waals surface area (Å²) in [6, 6.07) is 1.40. The Morgan fingerprint density at radius 1 is 1.53 bits per heavy atom. The van der Waals surface area contributed by atoms with Crippen LogP contribution < -0.4 is 5.32 Å². The lowest BCUT2D eigenvalue weighted by Crippen LogP contribution is -2.11. The van der Waals surface area contributed by atoms with Gasteiger partial charge in [-0.1, -0.05) is 9.59 Å². The molecule has 7 nitrogen and oxygen atoms in total. The van der Waals surface area contributed by atoms with Crippen molar-refractivity contribution in [3.8, 4) is 5.75 Å². The SMILES string of the molecule is O=C(Nc1nnns1)c1ccncc1O. The van der Waals surface area contributed by atoms with Crippen molar-refractivity contribution < 1.29 is 9.90 Å². The van der Waals surface area contributed by atoms with Crippen molar-refractivity contribution in [3.05, 3.63) is 24.0 Å². The third kappa shape index (κ3) is 2.05. The number of carbonyl (C=O) groups excluding carboxylic acids is 1. The molecule has 2 aromatic heterocycles. The molecule has 0 bridgehead atoms. The number of hydrogen-bond donors (Lipinski definition) is 2. The lowest BCUT2D eigenvalue weighted by Gasteiger charge is -2.01. The maximum Gasteiger partial charge on any atom is 0.261 e. The van der Waals surface area contributed by atoms with Crippen molar-refractivity contribution in [2.45, 2.75) is 0 Å². The number of pyridine rings is 1. The number of amides is 1. The second-order valence-electron chi connectivity index (χ2n) is 2.51. The van der Waals surface area contributed by atoms with E-state index in [1.165, 1.54) is 18.5 Å². The molecule has 0 aliphatic heterocycles. The Morgan fingerprint density at radius 3 is 3.07 bits per heavy atom. The topological polar surface area (TPSA) is 101 Å². The molecule has 15 heavy (non-hydrogen) atoms. The first-order valence-electron chi connectivity index (χ1n) is 3.87. The lowest BCUT2D eigenvalue weighted by molar-refractivity contribution is 0.102. The van der Waals surface area contributed by atoms with Crippen LogP contribution in [0.1, 0.15) is 10.4 Å². The average molecular weight is 223 g/mol. The van der Waals surface area contributed by atoms with Crippen LogP contribution in [0, 0.1) is 0 Å². The Labute approximate surface area is 88.0 Å². The zero-order valence-corrected chi connectivity index (χ0v) is 8.10. The highest BCUT2D eigenvalue weighted by Crippen LogP contribution is 2.16. The van der Waals surface area contributed by atoms with Crippen molar-refractivity contribution in [2.75, 3.05) is 5.32 Å². The minimum atomic E-state index is -0.478.